The van der Waals surface area contributed by atoms with Crippen LogP contribution in [0.15, 0.2) is 60.9 Å². The van der Waals surface area contributed by atoms with Crippen molar-refractivity contribution in [2.24, 2.45) is 0 Å². The molecule has 1 amide bonds. The maximum Gasteiger partial charge on any atom is 0.251 e. The Morgan fingerprint density at radius 3 is 2.38 bits per heavy atom. The number of amides is 1. The first kappa shape index (κ1) is 16.2. The smallest absolute Gasteiger partial charge is 0.251 e. The van der Waals surface area contributed by atoms with Gasteiger partial charge in [0.2, 0.25) is 0 Å². The Labute approximate surface area is 143 Å². The third-order valence-corrected chi connectivity index (χ3v) is 3.72. The molecule has 0 saturated carbocycles. The number of carbonyl (C=O) groups is 1. The summed E-state index contributed by atoms with van der Waals surface area (Å²) >= 11 is 5.83. The second kappa shape index (κ2) is 7.27. The van der Waals surface area contributed by atoms with Crippen molar-refractivity contribution in [1.82, 2.24) is 15.1 Å². The van der Waals surface area contributed by atoms with Crippen LogP contribution in [-0.2, 0) is 13.1 Å². The Morgan fingerprint density at radius 1 is 1.08 bits per heavy atom. The molecular formula is C18H15ClFN3O. The molecular weight excluding hydrogens is 329 g/mol. The van der Waals surface area contributed by atoms with E-state index in [9.17, 15) is 9.18 Å². The summed E-state index contributed by atoms with van der Waals surface area (Å²) < 4.78 is 14.6. The highest BCUT2D eigenvalue weighted by Gasteiger charge is 2.06. The Bertz CT molecular complexity index is 828. The van der Waals surface area contributed by atoms with Crippen molar-refractivity contribution in [2.75, 3.05) is 0 Å². The number of hydrogen-bond acceptors (Lipinski definition) is 2. The number of nitrogens with one attached hydrogen (secondary N) is 1. The quantitative estimate of drug-likeness (QED) is 0.768. The van der Waals surface area contributed by atoms with E-state index in [0.29, 0.717) is 23.7 Å². The summed E-state index contributed by atoms with van der Waals surface area (Å²) in [6, 6.07) is 13.3. The minimum absolute atomic E-state index is 0.173. The zero-order valence-corrected chi connectivity index (χ0v) is 13.5. The molecule has 0 atom stereocenters. The van der Waals surface area contributed by atoms with Gasteiger partial charge in [0.15, 0.2) is 0 Å². The molecule has 3 rings (SSSR count). The van der Waals surface area contributed by atoms with E-state index in [-0.39, 0.29) is 11.7 Å². The van der Waals surface area contributed by atoms with Crippen LogP contribution in [-0.4, -0.2) is 15.7 Å². The number of nitrogens with zero attached hydrogens (tertiary/aromatic N) is 2. The number of aromatic nitrogens is 2. The third kappa shape index (κ3) is 4.20. The van der Waals surface area contributed by atoms with Crippen molar-refractivity contribution < 1.29 is 9.18 Å². The highest BCUT2D eigenvalue weighted by molar-refractivity contribution is 6.30. The Balaban J connectivity index is 1.58. The summed E-state index contributed by atoms with van der Waals surface area (Å²) in [6.45, 7) is 0.941. The molecule has 6 heteroatoms. The molecule has 0 fully saturated rings. The van der Waals surface area contributed by atoms with Crippen LogP contribution >= 0.6 is 11.6 Å². The maximum absolute atomic E-state index is 12.8. The van der Waals surface area contributed by atoms with Gasteiger partial charge in [-0.15, -0.1) is 0 Å². The van der Waals surface area contributed by atoms with Crippen molar-refractivity contribution >= 4 is 17.5 Å². The van der Waals surface area contributed by atoms with Crippen LogP contribution < -0.4 is 5.32 Å². The van der Waals surface area contributed by atoms with Gasteiger partial charge >= 0.3 is 0 Å². The van der Waals surface area contributed by atoms with Gasteiger partial charge in [0.05, 0.1) is 17.8 Å². The summed E-state index contributed by atoms with van der Waals surface area (Å²) in [5.41, 5.74) is 2.43. The Hall–Kier alpha value is -2.66. The van der Waals surface area contributed by atoms with Gasteiger partial charge < -0.3 is 5.32 Å². The Kier molecular flexibility index (Phi) is 4.91. The van der Waals surface area contributed by atoms with Crippen LogP contribution in [0.2, 0.25) is 5.02 Å². The Morgan fingerprint density at radius 2 is 1.75 bits per heavy atom. The summed E-state index contributed by atoms with van der Waals surface area (Å²) in [5.74, 6) is -0.466. The first-order valence-electron chi connectivity index (χ1n) is 7.40. The van der Waals surface area contributed by atoms with Crippen LogP contribution in [0.5, 0.6) is 0 Å². The van der Waals surface area contributed by atoms with E-state index >= 15 is 0 Å². The monoisotopic (exact) mass is 343 g/mol. The van der Waals surface area contributed by atoms with Crippen LogP contribution in [0.3, 0.4) is 0 Å². The van der Waals surface area contributed by atoms with E-state index in [1.165, 1.54) is 12.1 Å². The molecule has 0 radical (unpaired) electrons. The van der Waals surface area contributed by atoms with E-state index in [2.05, 4.69) is 10.4 Å². The van der Waals surface area contributed by atoms with Gasteiger partial charge in [-0.3, -0.25) is 9.48 Å². The lowest BCUT2D eigenvalue weighted by molar-refractivity contribution is 0.0951. The lowest BCUT2D eigenvalue weighted by Crippen LogP contribution is -2.22. The average Bonchev–Trinajstić information content (AvgIpc) is 2.99. The van der Waals surface area contributed by atoms with Gasteiger partial charge in [0.25, 0.3) is 5.91 Å². The number of carbonyl (C=O) groups excluding carboxylic acids is 1. The van der Waals surface area contributed by atoms with E-state index in [4.69, 9.17) is 11.6 Å². The molecule has 122 valence electrons. The number of rotatable bonds is 5. The third-order valence-electron chi connectivity index (χ3n) is 3.53. The normalized spacial score (nSPS) is 10.6. The lowest BCUT2D eigenvalue weighted by atomic mass is 10.1. The topological polar surface area (TPSA) is 46.9 Å². The second-order valence-corrected chi connectivity index (χ2v) is 5.80. The number of halogens is 2. The molecule has 1 heterocycles. The molecule has 0 aliphatic carbocycles. The summed E-state index contributed by atoms with van der Waals surface area (Å²) in [7, 11) is 0. The fraction of sp³-hybridized carbons (Fsp3) is 0.111. The van der Waals surface area contributed by atoms with Crippen LogP contribution in [0.4, 0.5) is 4.39 Å². The van der Waals surface area contributed by atoms with Gasteiger partial charge in [-0.25, -0.2) is 4.39 Å². The van der Waals surface area contributed by atoms with Gasteiger partial charge in [0, 0.05) is 18.3 Å². The summed E-state index contributed by atoms with van der Waals surface area (Å²) in [4.78, 5) is 12.1. The molecule has 0 bridgehead atoms. The number of hydrogen-bond donors (Lipinski definition) is 1. The van der Waals surface area contributed by atoms with Crippen LogP contribution in [0.1, 0.15) is 21.5 Å². The predicted octanol–water partition coefficient (Wildman–Crippen LogP) is 3.65. The fourth-order valence-corrected chi connectivity index (χ4v) is 2.42. The van der Waals surface area contributed by atoms with Crippen molar-refractivity contribution in [3.8, 4) is 0 Å². The minimum Gasteiger partial charge on any atom is -0.348 e. The van der Waals surface area contributed by atoms with Crippen molar-refractivity contribution in [1.29, 1.82) is 0 Å². The van der Waals surface area contributed by atoms with Gasteiger partial charge in [-0.1, -0.05) is 35.9 Å². The fourth-order valence-electron chi connectivity index (χ4n) is 2.26. The second-order valence-electron chi connectivity index (χ2n) is 5.36. The molecule has 0 unspecified atom stereocenters. The lowest BCUT2D eigenvalue weighted by Gasteiger charge is -2.07. The van der Waals surface area contributed by atoms with Crippen molar-refractivity contribution in [2.45, 2.75) is 13.1 Å². The largest absolute Gasteiger partial charge is 0.348 e. The highest BCUT2D eigenvalue weighted by Crippen LogP contribution is 2.10. The van der Waals surface area contributed by atoms with Gasteiger partial charge in [-0.05, 0) is 35.4 Å². The summed E-state index contributed by atoms with van der Waals surface area (Å²) in [5, 5.41) is 7.52. The maximum atomic E-state index is 12.8. The zero-order chi connectivity index (χ0) is 16.9. The predicted molar refractivity (Wildman–Crippen MR) is 90.4 cm³/mol. The standard InChI is InChI=1S/C18H15ClFN3O/c19-16-10-22-23(12-16)11-14-1-5-15(6-2-14)18(24)21-9-13-3-7-17(20)8-4-13/h1-8,10,12H,9,11H2,(H,21,24). The van der Waals surface area contributed by atoms with E-state index in [0.717, 1.165) is 11.1 Å². The molecule has 0 saturated heterocycles. The zero-order valence-electron chi connectivity index (χ0n) is 12.7. The minimum atomic E-state index is -0.292. The molecule has 2 aromatic carbocycles. The van der Waals surface area contributed by atoms with E-state index in [1.807, 2.05) is 12.1 Å². The first-order chi connectivity index (χ1) is 11.6. The first-order valence-corrected chi connectivity index (χ1v) is 7.77. The molecule has 0 aliphatic rings. The van der Waals surface area contributed by atoms with E-state index in [1.54, 1.807) is 41.3 Å². The van der Waals surface area contributed by atoms with Crippen LogP contribution in [0, 0.1) is 5.82 Å². The van der Waals surface area contributed by atoms with Gasteiger partial charge in [-0.2, -0.15) is 5.10 Å². The van der Waals surface area contributed by atoms with Crippen molar-refractivity contribution in [3.63, 3.8) is 0 Å². The molecule has 0 spiro atoms. The number of benzene rings is 2. The van der Waals surface area contributed by atoms with Crippen molar-refractivity contribution in [3.05, 3.63) is 88.5 Å². The SMILES string of the molecule is O=C(NCc1ccc(F)cc1)c1ccc(Cn2cc(Cl)cn2)cc1. The highest BCUT2D eigenvalue weighted by atomic mass is 35.5. The molecule has 1 N–H and O–H groups in total. The van der Waals surface area contributed by atoms with Crippen LogP contribution in [0.25, 0.3) is 0 Å². The average molecular weight is 344 g/mol. The summed E-state index contributed by atoms with van der Waals surface area (Å²) in [6.07, 6.45) is 3.32. The molecule has 4 nitrogen and oxygen atoms in total. The molecule has 0 aliphatic heterocycles. The van der Waals surface area contributed by atoms with E-state index < -0.39 is 0 Å². The van der Waals surface area contributed by atoms with Gasteiger partial charge in [0.1, 0.15) is 5.82 Å². The molecule has 1 aromatic heterocycles. The molecule has 24 heavy (non-hydrogen) atoms. The molecule has 3 aromatic rings.